The van der Waals surface area contributed by atoms with Gasteiger partial charge in [-0.2, -0.15) is 0 Å². The molecule has 0 aliphatic heterocycles. The van der Waals surface area contributed by atoms with Crippen molar-refractivity contribution in [1.82, 2.24) is 0 Å². The molecular weight excluding hydrogens is 238 g/mol. The Bertz CT molecular complexity index is 165. The summed E-state index contributed by atoms with van der Waals surface area (Å²) in [5, 5.41) is 0. The number of halogens is 1. The highest BCUT2D eigenvalue weighted by atomic mass is 127. The van der Waals surface area contributed by atoms with Crippen molar-refractivity contribution < 1.29 is 0 Å². The Balaban J connectivity index is 4.34. The summed E-state index contributed by atoms with van der Waals surface area (Å²) in [5.74, 6) is 0. The van der Waals surface area contributed by atoms with Gasteiger partial charge in [-0.05, 0) is 33.4 Å². The third-order valence-electron chi connectivity index (χ3n) is 0.332. The Labute approximate surface area is 61.6 Å². The molecule has 3 heteroatoms. The zero-order valence-corrected chi connectivity index (χ0v) is 7.26. The smallest absolute Gasteiger partial charge is 0.113 e. The topological polar surface area (TPSA) is 0 Å². The van der Waals surface area contributed by atoms with Crippen LogP contribution in [0.15, 0.2) is 0 Å². The first-order chi connectivity index (χ1) is 3.12. The van der Waals surface area contributed by atoms with E-state index in [1.807, 2.05) is 22.0 Å². The second-order valence-electron chi connectivity index (χ2n) is 0.791. The minimum Gasteiger partial charge on any atom is -0.113 e. The van der Waals surface area contributed by atoms with Crippen molar-refractivity contribution in [2.45, 2.75) is 0 Å². The predicted molar refractivity (Wildman–Crippen MR) is 46.0 cm³/mol. The van der Waals surface area contributed by atoms with E-state index in [0.29, 0.717) is 0 Å². The minimum atomic E-state index is -1.80. The highest BCUT2D eigenvalue weighted by Crippen LogP contribution is 2.52. The molecule has 0 nitrogen and oxygen atoms in total. The van der Waals surface area contributed by atoms with Gasteiger partial charge in [-0.25, -0.2) is 0 Å². The Morgan fingerprint density at radius 3 is 1.71 bits per heavy atom. The van der Waals surface area contributed by atoms with Gasteiger partial charge in [0.25, 0.3) is 0 Å². The summed E-state index contributed by atoms with van der Waals surface area (Å²) >= 11 is 6.73. The molecule has 0 N–H and O–H groups in total. The van der Waals surface area contributed by atoms with E-state index in [9.17, 15) is 0 Å². The second-order valence-corrected chi connectivity index (χ2v) is 10.3. The van der Waals surface area contributed by atoms with Gasteiger partial charge in [0.2, 0.25) is 0 Å². The largest absolute Gasteiger partial charge is 0.144 e. The van der Waals surface area contributed by atoms with Crippen molar-refractivity contribution >= 4 is 37.5 Å². The van der Waals surface area contributed by atoms with Gasteiger partial charge < -0.3 is 0 Å². The van der Waals surface area contributed by atoms with E-state index < -0.39 is 3.68 Å². The van der Waals surface area contributed by atoms with Crippen molar-refractivity contribution in [3.63, 3.8) is 0 Å². The number of hydrogen-bond donors (Lipinski definition) is 0. The predicted octanol–water partition coefficient (Wildman–Crippen LogP) is 2.00. The molecule has 0 saturated heterocycles. The van der Waals surface area contributed by atoms with Gasteiger partial charge in [-0.3, -0.25) is 0 Å². The van der Waals surface area contributed by atoms with E-state index in [2.05, 4.69) is 11.3 Å². The summed E-state index contributed by atoms with van der Waals surface area (Å²) < 4.78 is -1.80. The highest BCUT2D eigenvalue weighted by Gasteiger charge is 1.97. The van der Waals surface area contributed by atoms with Crippen LogP contribution >= 0.6 is 25.7 Å². The SMILES string of the molecule is C#CP(=S)(I)C#C. The fourth-order valence-electron chi connectivity index (χ4n) is 0.0373. The summed E-state index contributed by atoms with van der Waals surface area (Å²) in [6, 6.07) is 0. The van der Waals surface area contributed by atoms with Crippen LogP contribution in [0.1, 0.15) is 0 Å². The van der Waals surface area contributed by atoms with E-state index in [4.69, 9.17) is 24.7 Å². The van der Waals surface area contributed by atoms with E-state index in [-0.39, 0.29) is 0 Å². The standard InChI is InChI=1S/C4H2IPS/c1-3-6(5,7)4-2/h1-2H. The lowest BCUT2D eigenvalue weighted by Gasteiger charge is -1.88. The molecule has 0 saturated carbocycles. The maximum absolute atomic E-state index is 4.96. The quantitative estimate of drug-likeness (QED) is 0.354. The van der Waals surface area contributed by atoms with Crippen LogP contribution in [0.25, 0.3) is 0 Å². The monoisotopic (exact) mass is 240 g/mol. The molecule has 0 aliphatic carbocycles. The molecule has 36 valence electrons. The van der Waals surface area contributed by atoms with Gasteiger partial charge in [-0.1, -0.05) is 11.8 Å². The number of hydrogen-bond acceptors (Lipinski definition) is 1. The fourth-order valence-corrected chi connectivity index (χ4v) is 0.112. The summed E-state index contributed by atoms with van der Waals surface area (Å²) in [7, 11) is 0. The second kappa shape index (κ2) is 2.72. The third kappa shape index (κ3) is 3.12. The average Bonchev–Trinajstić information content (AvgIpc) is 1.68. The van der Waals surface area contributed by atoms with E-state index >= 15 is 0 Å². The van der Waals surface area contributed by atoms with Crippen LogP contribution in [0.5, 0.6) is 0 Å². The Morgan fingerprint density at radius 2 is 1.71 bits per heavy atom. The highest BCUT2D eigenvalue weighted by molar-refractivity contribution is 14.2. The van der Waals surface area contributed by atoms with Gasteiger partial charge >= 0.3 is 0 Å². The first-order valence-corrected chi connectivity index (χ1v) is 6.96. The average molecular weight is 240 g/mol. The molecule has 0 fully saturated rings. The molecule has 0 heterocycles. The van der Waals surface area contributed by atoms with Crippen molar-refractivity contribution in [3.05, 3.63) is 0 Å². The van der Waals surface area contributed by atoms with Gasteiger partial charge in [0, 0.05) is 0 Å². The maximum Gasteiger partial charge on any atom is 0.144 e. The summed E-state index contributed by atoms with van der Waals surface area (Å²) in [6.07, 6.45) is 9.92. The Morgan fingerprint density at radius 1 is 1.43 bits per heavy atom. The van der Waals surface area contributed by atoms with Crippen LogP contribution in [0, 0.1) is 24.2 Å². The third-order valence-corrected chi connectivity index (χ3v) is 3.30. The van der Waals surface area contributed by atoms with Crippen LogP contribution in [0.3, 0.4) is 0 Å². The molecule has 0 aromatic carbocycles. The zero-order chi connectivity index (χ0) is 5.91. The molecule has 0 spiro atoms. The van der Waals surface area contributed by atoms with Crippen LogP contribution in [0.4, 0.5) is 0 Å². The van der Waals surface area contributed by atoms with E-state index in [1.165, 1.54) is 0 Å². The summed E-state index contributed by atoms with van der Waals surface area (Å²) in [4.78, 5) is 0. The molecule has 0 aromatic heterocycles. The van der Waals surface area contributed by atoms with Crippen LogP contribution in [-0.2, 0) is 11.8 Å². The minimum absolute atomic E-state index is 1.80. The van der Waals surface area contributed by atoms with Crippen molar-refractivity contribution in [2.24, 2.45) is 0 Å². The van der Waals surface area contributed by atoms with Crippen LogP contribution in [-0.4, -0.2) is 0 Å². The first-order valence-electron chi connectivity index (χ1n) is 1.38. The van der Waals surface area contributed by atoms with Gasteiger partial charge in [0.15, 0.2) is 0 Å². The molecular formula is C4H2IPS. The molecule has 0 amide bonds. The Kier molecular flexibility index (Phi) is 2.92. The van der Waals surface area contributed by atoms with Crippen LogP contribution < -0.4 is 0 Å². The fraction of sp³-hybridized carbons (Fsp3) is 0. The number of rotatable bonds is 0. The molecule has 7 heavy (non-hydrogen) atoms. The van der Waals surface area contributed by atoms with Gasteiger partial charge in [0.1, 0.15) is 3.68 Å². The zero-order valence-electron chi connectivity index (χ0n) is 3.39. The van der Waals surface area contributed by atoms with Gasteiger partial charge in [-0.15, -0.1) is 12.8 Å². The lowest BCUT2D eigenvalue weighted by molar-refractivity contribution is 2.98. The summed E-state index contributed by atoms with van der Waals surface area (Å²) in [5.41, 5.74) is 4.73. The Hall–Kier alpha value is 0.500. The molecule has 0 aliphatic rings. The normalized spacial score (nSPS) is 9.00. The summed E-state index contributed by atoms with van der Waals surface area (Å²) in [6.45, 7) is 0. The van der Waals surface area contributed by atoms with E-state index in [0.717, 1.165) is 0 Å². The molecule has 0 radical (unpaired) electrons. The molecule has 0 aromatic rings. The van der Waals surface area contributed by atoms with Crippen LogP contribution in [0.2, 0.25) is 0 Å². The van der Waals surface area contributed by atoms with Crippen molar-refractivity contribution in [3.8, 4) is 24.2 Å². The van der Waals surface area contributed by atoms with Gasteiger partial charge in [0.05, 0.1) is 0 Å². The lowest BCUT2D eigenvalue weighted by Crippen LogP contribution is -1.48. The molecule has 0 atom stereocenters. The number of terminal acetylenes is 2. The van der Waals surface area contributed by atoms with E-state index in [1.54, 1.807) is 0 Å². The van der Waals surface area contributed by atoms with Crippen molar-refractivity contribution in [2.75, 3.05) is 0 Å². The first kappa shape index (κ1) is 7.50. The molecule has 0 rings (SSSR count). The lowest BCUT2D eigenvalue weighted by atomic mass is 11.4. The van der Waals surface area contributed by atoms with Crippen molar-refractivity contribution in [1.29, 1.82) is 0 Å². The maximum atomic E-state index is 4.96. The molecule has 0 unspecified atom stereocenters. The molecule has 0 bridgehead atoms.